The summed E-state index contributed by atoms with van der Waals surface area (Å²) in [5.41, 5.74) is 2.32. The van der Waals surface area contributed by atoms with Gasteiger partial charge in [0.15, 0.2) is 11.5 Å². The van der Waals surface area contributed by atoms with Crippen molar-refractivity contribution >= 4 is 51.9 Å². The van der Waals surface area contributed by atoms with E-state index < -0.39 is 0 Å². The molecule has 9 heteroatoms. The van der Waals surface area contributed by atoms with Crippen LogP contribution in [0.3, 0.4) is 0 Å². The highest BCUT2D eigenvalue weighted by molar-refractivity contribution is 8.26. The molecule has 162 valence electrons. The van der Waals surface area contributed by atoms with E-state index in [1.54, 1.807) is 18.2 Å². The predicted octanol–water partition coefficient (Wildman–Crippen LogP) is 3.95. The summed E-state index contributed by atoms with van der Waals surface area (Å²) in [6.45, 7) is 2.09. The predicted molar refractivity (Wildman–Crippen MR) is 126 cm³/mol. The molecule has 0 aromatic heterocycles. The number of rotatable bonds is 7. The lowest BCUT2D eigenvalue weighted by Gasteiger charge is -2.14. The smallest absolute Gasteiger partial charge is 0.266 e. The first-order valence-corrected chi connectivity index (χ1v) is 10.6. The molecule has 1 aliphatic heterocycles. The van der Waals surface area contributed by atoms with Crippen molar-refractivity contribution in [3.8, 4) is 17.2 Å². The quantitative estimate of drug-likeness (QED) is 0.480. The number of hydrogen-bond acceptors (Lipinski definition) is 7. The summed E-state index contributed by atoms with van der Waals surface area (Å²) >= 11 is 6.50. The normalized spacial score (nSPS) is 14.8. The molecule has 0 atom stereocenters. The van der Waals surface area contributed by atoms with E-state index in [1.165, 1.54) is 19.1 Å². The van der Waals surface area contributed by atoms with Crippen molar-refractivity contribution in [2.45, 2.75) is 13.3 Å². The Labute approximate surface area is 190 Å². The van der Waals surface area contributed by atoms with Crippen LogP contribution in [0.2, 0.25) is 0 Å². The van der Waals surface area contributed by atoms with Gasteiger partial charge in [0.2, 0.25) is 11.7 Å². The minimum absolute atomic E-state index is 0.116. The molecule has 0 aliphatic carbocycles. The van der Waals surface area contributed by atoms with E-state index in [1.807, 2.05) is 31.2 Å². The van der Waals surface area contributed by atoms with Gasteiger partial charge in [-0.25, -0.2) is 0 Å². The second-order valence-corrected chi connectivity index (χ2v) is 8.40. The molecule has 2 aromatic carbocycles. The number of amides is 2. The maximum Gasteiger partial charge on any atom is 0.266 e. The van der Waals surface area contributed by atoms with Gasteiger partial charge in [0.05, 0.1) is 19.1 Å². The van der Waals surface area contributed by atoms with Crippen LogP contribution in [0.1, 0.15) is 17.5 Å². The minimum Gasteiger partial charge on any atom is -0.502 e. The van der Waals surface area contributed by atoms with E-state index >= 15 is 0 Å². The molecule has 0 bridgehead atoms. The van der Waals surface area contributed by atoms with Gasteiger partial charge < -0.3 is 19.9 Å². The van der Waals surface area contributed by atoms with Crippen LogP contribution in [0.5, 0.6) is 17.2 Å². The summed E-state index contributed by atoms with van der Waals surface area (Å²) in [6, 6.07) is 10.7. The van der Waals surface area contributed by atoms with E-state index in [0.717, 1.165) is 23.0 Å². The van der Waals surface area contributed by atoms with Crippen molar-refractivity contribution in [2.75, 3.05) is 26.1 Å². The molecule has 1 saturated heterocycles. The van der Waals surface area contributed by atoms with Gasteiger partial charge in [-0.05, 0) is 42.3 Å². The van der Waals surface area contributed by atoms with Crippen LogP contribution < -0.4 is 14.8 Å². The first-order chi connectivity index (χ1) is 14.8. The molecule has 2 aromatic rings. The molecule has 2 N–H and O–H groups in total. The zero-order valence-corrected chi connectivity index (χ0v) is 18.9. The molecule has 0 radical (unpaired) electrons. The Morgan fingerprint density at radius 2 is 1.87 bits per heavy atom. The Morgan fingerprint density at radius 1 is 1.23 bits per heavy atom. The van der Waals surface area contributed by atoms with Gasteiger partial charge in [-0.15, -0.1) is 0 Å². The number of aryl methyl sites for hydroxylation is 1. The number of thioether (sulfide) groups is 1. The molecule has 0 spiro atoms. The molecule has 0 unspecified atom stereocenters. The molecule has 0 saturated carbocycles. The summed E-state index contributed by atoms with van der Waals surface area (Å²) in [4.78, 5) is 27.0. The molecular formula is C22H22N2O5S2. The number of carbonyl (C=O) groups excluding carboxylic acids is 2. The number of methoxy groups -OCH3 is 2. The Kier molecular flexibility index (Phi) is 7.19. The Morgan fingerprint density at radius 3 is 2.48 bits per heavy atom. The Bertz CT molecular complexity index is 1040. The second-order valence-electron chi connectivity index (χ2n) is 6.72. The molecule has 1 aliphatic rings. The Hall–Kier alpha value is -3.04. The number of carbonyl (C=O) groups is 2. The van der Waals surface area contributed by atoms with Crippen LogP contribution in [-0.4, -0.2) is 46.9 Å². The van der Waals surface area contributed by atoms with E-state index in [4.69, 9.17) is 21.7 Å². The molecule has 31 heavy (non-hydrogen) atoms. The monoisotopic (exact) mass is 458 g/mol. The van der Waals surface area contributed by atoms with E-state index in [0.29, 0.717) is 14.8 Å². The number of phenols is 1. The Balaban J connectivity index is 1.69. The molecule has 1 heterocycles. The summed E-state index contributed by atoms with van der Waals surface area (Å²) in [5.74, 6) is -0.123. The van der Waals surface area contributed by atoms with Crippen LogP contribution in [0, 0.1) is 6.92 Å². The second kappa shape index (κ2) is 9.84. The number of benzene rings is 2. The first kappa shape index (κ1) is 22.6. The number of anilines is 1. The van der Waals surface area contributed by atoms with Gasteiger partial charge in [0.1, 0.15) is 4.32 Å². The molecular weight excluding hydrogens is 436 g/mol. The lowest BCUT2D eigenvalue weighted by atomic mass is 10.1. The van der Waals surface area contributed by atoms with Gasteiger partial charge in [-0.3, -0.25) is 14.5 Å². The van der Waals surface area contributed by atoms with Crippen molar-refractivity contribution in [2.24, 2.45) is 0 Å². The van der Waals surface area contributed by atoms with Crippen molar-refractivity contribution in [1.29, 1.82) is 0 Å². The van der Waals surface area contributed by atoms with E-state index in [9.17, 15) is 14.7 Å². The van der Waals surface area contributed by atoms with Crippen LogP contribution >= 0.6 is 24.0 Å². The summed E-state index contributed by atoms with van der Waals surface area (Å²) in [6.07, 6.45) is 1.77. The van der Waals surface area contributed by atoms with Crippen LogP contribution in [-0.2, 0) is 9.59 Å². The number of aromatic hydroxyl groups is 1. The SMILES string of the molecule is COc1cc(/C=C2\SC(=S)N(CCC(=O)Nc3ccccc3C)C2=O)cc(OC)c1O. The number of nitrogens with one attached hydrogen (secondary N) is 1. The third-order valence-electron chi connectivity index (χ3n) is 4.66. The summed E-state index contributed by atoms with van der Waals surface area (Å²) in [5, 5.41) is 12.9. The third kappa shape index (κ3) is 5.18. The van der Waals surface area contributed by atoms with E-state index in [-0.39, 0.29) is 42.0 Å². The maximum absolute atomic E-state index is 12.8. The lowest BCUT2D eigenvalue weighted by Crippen LogP contribution is -2.31. The van der Waals surface area contributed by atoms with Crippen molar-refractivity contribution in [3.05, 3.63) is 52.4 Å². The summed E-state index contributed by atoms with van der Waals surface area (Å²) in [7, 11) is 2.86. The number of phenolic OH excluding ortho intramolecular Hbond substituents is 1. The standard InChI is InChI=1S/C22H22N2O5S2/c1-13-6-4-5-7-15(13)23-19(25)8-9-24-21(27)18(31-22(24)30)12-14-10-16(28-2)20(26)17(11-14)29-3/h4-7,10-12,26H,8-9H2,1-3H3,(H,23,25)/b18-12-. The van der Waals surface area contributed by atoms with Gasteiger partial charge in [-0.2, -0.15) is 0 Å². The third-order valence-corrected chi connectivity index (χ3v) is 6.03. The van der Waals surface area contributed by atoms with Crippen molar-refractivity contribution in [1.82, 2.24) is 4.90 Å². The zero-order valence-electron chi connectivity index (χ0n) is 17.3. The van der Waals surface area contributed by atoms with Crippen LogP contribution in [0.4, 0.5) is 5.69 Å². The maximum atomic E-state index is 12.8. The van der Waals surface area contributed by atoms with Gasteiger partial charge in [-0.1, -0.05) is 42.2 Å². The first-order valence-electron chi connectivity index (χ1n) is 9.40. The largest absolute Gasteiger partial charge is 0.502 e. The zero-order chi connectivity index (χ0) is 22.5. The van der Waals surface area contributed by atoms with Gasteiger partial charge >= 0.3 is 0 Å². The average Bonchev–Trinajstić information content (AvgIpc) is 3.01. The van der Waals surface area contributed by atoms with E-state index in [2.05, 4.69) is 5.32 Å². The highest BCUT2D eigenvalue weighted by atomic mass is 32.2. The average molecular weight is 459 g/mol. The fraction of sp³-hybridized carbons (Fsp3) is 0.227. The highest BCUT2D eigenvalue weighted by Gasteiger charge is 2.32. The van der Waals surface area contributed by atoms with Crippen LogP contribution in [0.15, 0.2) is 41.3 Å². The number of nitrogens with zero attached hydrogens (tertiary/aromatic N) is 1. The molecule has 3 rings (SSSR count). The molecule has 1 fully saturated rings. The molecule has 7 nitrogen and oxygen atoms in total. The van der Waals surface area contributed by atoms with Crippen LogP contribution in [0.25, 0.3) is 6.08 Å². The fourth-order valence-corrected chi connectivity index (χ4v) is 4.29. The number of para-hydroxylation sites is 1. The summed E-state index contributed by atoms with van der Waals surface area (Å²) < 4.78 is 10.7. The topological polar surface area (TPSA) is 88.1 Å². The number of ether oxygens (including phenoxy) is 2. The molecule has 2 amide bonds. The highest BCUT2D eigenvalue weighted by Crippen LogP contribution is 2.39. The van der Waals surface area contributed by atoms with Gasteiger partial charge in [0, 0.05) is 18.7 Å². The number of hydrogen-bond donors (Lipinski definition) is 2. The minimum atomic E-state index is -0.273. The number of thiocarbonyl (C=S) groups is 1. The fourth-order valence-electron chi connectivity index (χ4n) is 2.98. The van der Waals surface area contributed by atoms with Gasteiger partial charge in [0.25, 0.3) is 5.91 Å². The lowest BCUT2D eigenvalue weighted by molar-refractivity contribution is -0.122. The van der Waals surface area contributed by atoms with Crippen molar-refractivity contribution in [3.63, 3.8) is 0 Å². The van der Waals surface area contributed by atoms with Crippen molar-refractivity contribution < 1.29 is 24.2 Å².